The molecular formula is C17H11F3N4O3S. The number of sulfonamides is 1. The lowest BCUT2D eigenvalue weighted by Crippen LogP contribution is -2.14. The van der Waals surface area contributed by atoms with Gasteiger partial charge < -0.3 is 4.52 Å². The summed E-state index contributed by atoms with van der Waals surface area (Å²) in [5.74, 6) is -1.75. The standard InChI is InChI=1S/C17H11F3N4O3S/c18-17(19,20)16-22-15(23-27-16)12-5-7-13(8-6-12)24-28(25,26)14-4-2-1-3-11(14)9-10-21/h1-8,24H,9H2. The fourth-order valence-corrected chi connectivity index (χ4v) is 3.65. The first-order chi connectivity index (χ1) is 13.2. The van der Waals surface area contributed by atoms with Crippen molar-refractivity contribution in [2.75, 3.05) is 4.72 Å². The highest BCUT2D eigenvalue weighted by molar-refractivity contribution is 7.92. The van der Waals surface area contributed by atoms with Gasteiger partial charge in [-0.1, -0.05) is 23.4 Å². The molecular weight excluding hydrogens is 397 g/mol. The van der Waals surface area contributed by atoms with E-state index in [0.717, 1.165) is 0 Å². The minimum Gasteiger partial charge on any atom is -0.329 e. The summed E-state index contributed by atoms with van der Waals surface area (Å²) in [5.41, 5.74) is 0.739. The van der Waals surface area contributed by atoms with Crippen molar-refractivity contribution in [3.05, 3.63) is 60.0 Å². The Morgan fingerprint density at radius 2 is 1.79 bits per heavy atom. The summed E-state index contributed by atoms with van der Waals surface area (Å²) in [4.78, 5) is 3.23. The molecule has 3 aromatic rings. The van der Waals surface area contributed by atoms with E-state index in [2.05, 4.69) is 19.4 Å². The first kappa shape index (κ1) is 19.4. The molecule has 1 N–H and O–H groups in total. The quantitative estimate of drug-likeness (QED) is 0.691. The number of rotatable bonds is 5. The third kappa shape index (κ3) is 4.12. The summed E-state index contributed by atoms with van der Waals surface area (Å²) < 4.78 is 69.3. The van der Waals surface area contributed by atoms with Crippen LogP contribution in [0.3, 0.4) is 0 Å². The van der Waals surface area contributed by atoms with Crippen molar-refractivity contribution in [1.29, 1.82) is 5.26 Å². The first-order valence-corrected chi connectivity index (χ1v) is 9.18. The molecule has 0 unspecified atom stereocenters. The van der Waals surface area contributed by atoms with Crippen LogP contribution in [0.4, 0.5) is 18.9 Å². The van der Waals surface area contributed by atoms with Crippen LogP contribution in [0.2, 0.25) is 0 Å². The van der Waals surface area contributed by atoms with E-state index in [1.54, 1.807) is 6.07 Å². The number of halogens is 3. The van der Waals surface area contributed by atoms with E-state index in [0.29, 0.717) is 5.56 Å². The second-order valence-corrected chi connectivity index (χ2v) is 7.20. The molecule has 0 aliphatic heterocycles. The van der Waals surface area contributed by atoms with Crippen LogP contribution in [0, 0.1) is 11.3 Å². The zero-order valence-electron chi connectivity index (χ0n) is 13.9. The van der Waals surface area contributed by atoms with Gasteiger partial charge in [0.1, 0.15) is 0 Å². The van der Waals surface area contributed by atoms with Gasteiger partial charge in [-0.15, -0.1) is 0 Å². The molecule has 2 aromatic carbocycles. The Labute approximate surface area is 157 Å². The molecule has 0 saturated heterocycles. The van der Waals surface area contributed by atoms with E-state index in [4.69, 9.17) is 5.26 Å². The summed E-state index contributed by atoms with van der Waals surface area (Å²) in [6.07, 6.45) is -4.83. The summed E-state index contributed by atoms with van der Waals surface area (Å²) in [6, 6.07) is 13.4. The lowest BCUT2D eigenvalue weighted by molar-refractivity contribution is -0.159. The van der Waals surface area contributed by atoms with Crippen LogP contribution in [-0.2, 0) is 22.6 Å². The molecule has 0 fully saturated rings. The summed E-state index contributed by atoms with van der Waals surface area (Å²) in [5, 5.41) is 12.1. The largest absolute Gasteiger partial charge is 0.471 e. The lowest BCUT2D eigenvalue weighted by Gasteiger charge is -2.11. The highest BCUT2D eigenvalue weighted by atomic mass is 32.2. The van der Waals surface area contributed by atoms with Gasteiger partial charge in [0.25, 0.3) is 10.0 Å². The van der Waals surface area contributed by atoms with Crippen LogP contribution < -0.4 is 4.72 Å². The van der Waals surface area contributed by atoms with Crippen molar-refractivity contribution < 1.29 is 26.1 Å². The predicted molar refractivity (Wildman–Crippen MR) is 91.3 cm³/mol. The number of benzene rings is 2. The minimum absolute atomic E-state index is 0.0337. The number of aromatic nitrogens is 2. The number of nitrogens with one attached hydrogen (secondary N) is 1. The average Bonchev–Trinajstić information content (AvgIpc) is 3.13. The maximum Gasteiger partial charge on any atom is 0.471 e. The molecule has 0 aliphatic rings. The van der Waals surface area contributed by atoms with Crippen molar-refractivity contribution in [3.63, 3.8) is 0 Å². The molecule has 0 spiro atoms. The number of alkyl halides is 3. The number of nitrogens with zero attached hydrogens (tertiary/aromatic N) is 3. The Bertz CT molecular complexity index is 1130. The Morgan fingerprint density at radius 3 is 2.39 bits per heavy atom. The third-order valence-electron chi connectivity index (χ3n) is 3.60. The molecule has 1 heterocycles. The van der Waals surface area contributed by atoms with Crippen LogP contribution in [0.1, 0.15) is 11.5 Å². The number of nitriles is 1. The SMILES string of the molecule is N#CCc1ccccc1S(=O)(=O)Nc1ccc(-c2noc(C(F)(F)F)n2)cc1. The van der Waals surface area contributed by atoms with Gasteiger partial charge in [-0.2, -0.15) is 23.4 Å². The molecule has 3 rings (SSSR count). The fourth-order valence-electron chi connectivity index (χ4n) is 2.35. The lowest BCUT2D eigenvalue weighted by atomic mass is 10.2. The van der Waals surface area contributed by atoms with E-state index in [1.807, 2.05) is 6.07 Å². The number of hydrogen-bond donors (Lipinski definition) is 1. The molecule has 144 valence electrons. The van der Waals surface area contributed by atoms with Crippen molar-refractivity contribution in [3.8, 4) is 17.5 Å². The zero-order chi connectivity index (χ0) is 20.4. The molecule has 0 saturated carbocycles. The van der Waals surface area contributed by atoms with Crippen LogP contribution in [0.25, 0.3) is 11.4 Å². The normalized spacial score (nSPS) is 11.8. The van der Waals surface area contributed by atoms with Crippen LogP contribution in [0.15, 0.2) is 57.9 Å². The van der Waals surface area contributed by atoms with Crippen molar-refractivity contribution in [2.45, 2.75) is 17.5 Å². The molecule has 1 aromatic heterocycles. The number of hydrogen-bond acceptors (Lipinski definition) is 6. The third-order valence-corrected chi connectivity index (χ3v) is 5.08. The summed E-state index contributed by atoms with van der Waals surface area (Å²) >= 11 is 0. The van der Waals surface area contributed by atoms with Gasteiger partial charge in [0, 0.05) is 11.3 Å². The maximum atomic E-state index is 12.6. The fraction of sp³-hybridized carbons (Fsp3) is 0.118. The van der Waals surface area contributed by atoms with E-state index in [9.17, 15) is 21.6 Å². The molecule has 7 nitrogen and oxygen atoms in total. The van der Waals surface area contributed by atoms with Gasteiger partial charge in [0.2, 0.25) is 5.82 Å². The van der Waals surface area contributed by atoms with Gasteiger partial charge in [-0.25, -0.2) is 8.42 Å². The van der Waals surface area contributed by atoms with Gasteiger partial charge in [-0.3, -0.25) is 4.72 Å². The van der Waals surface area contributed by atoms with E-state index >= 15 is 0 Å². The molecule has 0 bridgehead atoms. The Morgan fingerprint density at radius 1 is 1.11 bits per heavy atom. The van der Waals surface area contributed by atoms with E-state index in [1.165, 1.54) is 42.5 Å². The monoisotopic (exact) mass is 408 g/mol. The summed E-state index contributed by atoms with van der Waals surface area (Å²) in [7, 11) is -3.96. The van der Waals surface area contributed by atoms with Crippen molar-refractivity contribution in [2.24, 2.45) is 0 Å². The highest BCUT2D eigenvalue weighted by Crippen LogP contribution is 2.30. The van der Waals surface area contributed by atoms with Gasteiger partial charge in [0.05, 0.1) is 17.4 Å². The second-order valence-electron chi connectivity index (χ2n) is 5.55. The average molecular weight is 408 g/mol. The first-order valence-electron chi connectivity index (χ1n) is 7.70. The molecule has 0 amide bonds. The summed E-state index contributed by atoms with van der Waals surface area (Å²) in [6.45, 7) is 0. The molecule has 11 heteroatoms. The van der Waals surface area contributed by atoms with Gasteiger partial charge in [-0.05, 0) is 35.9 Å². The van der Waals surface area contributed by atoms with E-state index in [-0.39, 0.29) is 28.4 Å². The molecule has 28 heavy (non-hydrogen) atoms. The topological polar surface area (TPSA) is 109 Å². The van der Waals surface area contributed by atoms with Crippen LogP contribution in [-0.4, -0.2) is 18.6 Å². The van der Waals surface area contributed by atoms with Gasteiger partial charge >= 0.3 is 12.1 Å². The smallest absolute Gasteiger partial charge is 0.329 e. The predicted octanol–water partition coefficient (Wildman–Crippen LogP) is 3.62. The minimum atomic E-state index is -4.75. The van der Waals surface area contributed by atoms with Crippen molar-refractivity contribution in [1.82, 2.24) is 10.1 Å². The highest BCUT2D eigenvalue weighted by Gasteiger charge is 2.38. The van der Waals surface area contributed by atoms with Crippen LogP contribution in [0.5, 0.6) is 0 Å². The van der Waals surface area contributed by atoms with E-state index < -0.39 is 22.1 Å². The van der Waals surface area contributed by atoms with Gasteiger partial charge in [0.15, 0.2) is 0 Å². The molecule has 0 atom stereocenters. The van der Waals surface area contributed by atoms with Crippen LogP contribution >= 0.6 is 0 Å². The maximum absolute atomic E-state index is 12.6. The second kappa shape index (κ2) is 7.32. The molecule has 0 radical (unpaired) electrons. The number of anilines is 1. The Balaban J connectivity index is 1.83. The zero-order valence-corrected chi connectivity index (χ0v) is 14.8. The Hall–Kier alpha value is -3.39. The Kier molecular flexibility index (Phi) is 5.06. The molecule has 0 aliphatic carbocycles. The van der Waals surface area contributed by atoms with Crippen molar-refractivity contribution >= 4 is 15.7 Å².